The van der Waals surface area contributed by atoms with Gasteiger partial charge in [-0.25, -0.2) is 0 Å². The molecule has 57 heavy (non-hydrogen) atoms. The molecular weight excluding hydrogens is 693 g/mol. The lowest BCUT2D eigenvalue weighted by atomic mass is 10.0. The highest BCUT2D eigenvalue weighted by Gasteiger charge is 2.19. The van der Waals surface area contributed by atoms with Gasteiger partial charge in [0.1, 0.15) is 11.2 Å². The predicted octanol–water partition coefficient (Wildman–Crippen LogP) is 14.8. The van der Waals surface area contributed by atoms with E-state index in [2.05, 4.69) is 209 Å². The molecule has 3 heteroatoms. The molecule has 3 aromatic heterocycles. The molecule has 9 aromatic carbocycles. The van der Waals surface area contributed by atoms with Gasteiger partial charge < -0.3 is 13.6 Å². The van der Waals surface area contributed by atoms with Gasteiger partial charge in [-0.3, -0.25) is 0 Å². The summed E-state index contributed by atoms with van der Waals surface area (Å²) in [4.78, 5) is 0. The molecule has 266 valence electrons. The number of nitrogens with zero attached hydrogens (tertiary/aromatic N) is 2. The zero-order valence-electron chi connectivity index (χ0n) is 30.9. The van der Waals surface area contributed by atoms with Gasteiger partial charge in [0.25, 0.3) is 0 Å². The maximum absolute atomic E-state index is 6.52. The van der Waals surface area contributed by atoms with Crippen LogP contribution in [0.2, 0.25) is 0 Å². The van der Waals surface area contributed by atoms with Crippen molar-refractivity contribution in [3.8, 4) is 44.8 Å². The Hall–Kier alpha value is -7.62. The minimum atomic E-state index is 0.916. The van der Waals surface area contributed by atoms with Crippen LogP contribution in [0.25, 0.3) is 110 Å². The van der Waals surface area contributed by atoms with E-state index in [1.54, 1.807) is 0 Å². The number of hydrogen-bond acceptors (Lipinski definition) is 1. The van der Waals surface area contributed by atoms with Crippen LogP contribution < -0.4 is 0 Å². The van der Waals surface area contributed by atoms with E-state index in [0.717, 1.165) is 49.7 Å². The Kier molecular flexibility index (Phi) is 6.93. The highest BCUT2D eigenvalue weighted by molar-refractivity contribution is 6.23. The Labute approximate surface area is 328 Å². The molecule has 0 spiro atoms. The van der Waals surface area contributed by atoms with Gasteiger partial charge in [-0.05, 0) is 106 Å². The highest BCUT2D eigenvalue weighted by Crippen LogP contribution is 2.41. The van der Waals surface area contributed by atoms with E-state index in [0.29, 0.717) is 0 Å². The minimum Gasteiger partial charge on any atom is -0.455 e. The maximum Gasteiger partial charge on any atom is 0.145 e. The first-order valence-corrected chi connectivity index (χ1v) is 19.5. The van der Waals surface area contributed by atoms with Gasteiger partial charge in [-0.15, -0.1) is 0 Å². The summed E-state index contributed by atoms with van der Waals surface area (Å²) in [5.41, 5.74) is 16.0. The summed E-state index contributed by atoms with van der Waals surface area (Å²) >= 11 is 0. The van der Waals surface area contributed by atoms with Crippen molar-refractivity contribution < 1.29 is 4.42 Å². The monoisotopic (exact) mass is 726 g/mol. The topological polar surface area (TPSA) is 23.0 Å². The second-order valence-electron chi connectivity index (χ2n) is 14.9. The summed E-state index contributed by atoms with van der Waals surface area (Å²) in [5.74, 6) is 0. The van der Waals surface area contributed by atoms with Crippen LogP contribution in [0.1, 0.15) is 0 Å². The summed E-state index contributed by atoms with van der Waals surface area (Å²) in [6.45, 7) is 0. The van der Waals surface area contributed by atoms with Crippen molar-refractivity contribution >= 4 is 65.6 Å². The summed E-state index contributed by atoms with van der Waals surface area (Å²) < 4.78 is 11.3. The van der Waals surface area contributed by atoms with Crippen LogP contribution in [0, 0.1) is 0 Å². The Morgan fingerprint density at radius 2 is 0.719 bits per heavy atom. The number of rotatable bonds is 5. The molecular formula is C54H34N2O. The normalized spacial score (nSPS) is 11.9. The van der Waals surface area contributed by atoms with E-state index in [-0.39, 0.29) is 0 Å². The Bertz CT molecular complexity index is 3380. The van der Waals surface area contributed by atoms with Gasteiger partial charge >= 0.3 is 0 Å². The fraction of sp³-hybridized carbons (Fsp3) is 0. The smallest absolute Gasteiger partial charge is 0.145 e. The lowest BCUT2D eigenvalue weighted by Crippen LogP contribution is -1.95. The van der Waals surface area contributed by atoms with Gasteiger partial charge in [0.15, 0.2) is 0 Å². The summed E-state index contributed by atoms with van der Waals surface area (Å²) in [7, 11) is 0. The SMILES string of the molecule is c1ccc(-c2ccc3c(c2)c2cc(-c4ccccc4)ccc2n3-c2ccc(-c3ccc(-n4c5ccccc5c5c6oc7ccccc7c6ccc54)cc3)cc2)cc1. The van der Waals surface area contributed by atoms with Crippen LogP contribution >= 0.6 is 0 Å². The molecule has 0 N–H and O–H groups in total. The van der Waals surface area contributed by atoms with Crippen molar-refractivity contribution in [1.82, 2.24) is 9.13 Å². The van der Waals surface area contributed by atoms with E-state index in [9.17, 15) is 0 Å². The number of hydrogen-bond donors (Lipinski definition) is 0. The van der Waals surface area contributed by atoms with Gasteiger partial charge in [0.05, 0.1) is 27.5 Å². The largest absolute Gasteiger partial charge is 0.455 e. The standard InChI is InChI=1S/C54H34N2O/c1-3-11-35(12-4-1)39-23-30-49-46(33-39)47-34-40(36-13-5-2-6-14-36)24-31-50(47)55(49)41-25-19-37(20-26-41)38-21-27-42(28-22-38)56-48-17-9-7-16-45(48)53-51(56)32-29-44-43-15-8-10-18-52(43)57-54(44)53/h1-34H. The zero-order valence-corrected chi connectivity index (χ0v) is 30.9. The number of benzene rings is 9. The molecule has 12 aromatic rings. The molecule has 12 rings (SSSR count). The van der Waals surface area contributed by atoms with Gasteiger partial charge in [0, 0.05) is 38.3 Å². The third-order valence-electron chi connectivity index (χ3n) is 11.7. The number of para-hydroxylation sites is 2. The van der Waals surface area contributed by atoms with E-state index >= 15 is 0 Å². The Balaban J connectivity index is 0.943. The van der Waals surface area contributed by atoms with Gasteiger partial charge in [-0.2, -0.15) is 0 Å². The van der Waals surface area contributed by atoms with Crippen molar-refractivity contribution in [1.29, 1.82) is 0 Å². The van der Waals surface area contributed by atoms with Crippen LogP contribution in [0.4, 0.5) is 0 Å². The first-order chi connectivity index (χ1) is 28.3. The highest BCUT2D eigenvalue weighted by atomic mass is 16.3. The lowest BCUT2D eigenvalue weighted by molar-refractivity contribution is 0.673. The predicted molar refractivity (Wildman–Crippen MR) is 239 cm³/mol. The molecule has 3 nitrogen and oxygen atoms in total. The van der Waals surface area contributed by atoms with E-state index in [4.69, 9.17) is 4.42 Å². The molecule has 0 saturated heterocycles. The number of furan rings is 1. The van der Waals surface area contributed by atoms with Crippen LogP contribution in [0.5, 0.6) is 0 Å². The molecule has 0 aliphatic rings. The molecule has 0 atom stereocenters. The van der Waals surface area contributed by atoms with Gasteiger partial charge in [0.2, 0.25) is 0 Å². The molecule has 0 fully saturated rings. The van der Waals surface area contributed by atoms with Crippen LogP contribution in [-0.2, 0) is 0 Å². The van der Waals surface area contributed by atoms with Crippen molar-refractivity contribution in [3.05, 3.63) is 206 Å². The van der Waals surface area contributed by atoms with Gasteiger partial charge in [-0.1, -0.05) is 133 Å². The van der Waals surface area contributed by atoms with Crippen molar-refractivity contribution in [2.45, 2.75) is 0 Å². The molecule has 0 amide bonds. The summed E-state index contributed by atoms with van der Waals surface area (Å²) in [6, 6.07) is 74.4. The van der Waals surface area contributed by atoms with Crippen molar-refractivity contribution in [3.63, 3.8) is 0 Å². The van der Waals surface area contributed by atoms with E-state index in [1.807, 2.05) is 6.07 Å². The second-order valence-corrected chi connectivity index (χ2v) is 14.9. The summed E-state index contributed by atoms with van der Waals surface area (Å²) in [6.07, 6.45) is 0. The Morgan fingerprint density at radius 1 is 0.281 bits per heavy atom. The molecule has 0 unspecified atom stereocenters. The molecule has 0 bridgehead atoms. The molecule has 3 heterocycles. The van der Waals surface area contributed by atoms with Crippen LogP contribution in [0.15, 0.2) is 211 Å². The average Bonchev–Trinajstić information content (AvgIpc) is 3.94. The average molecular weight is 727 g/mol. The fourth-order valence-corrected chi connectivity index (χ4v) is 9.04. The van der Waals surface area contributed by atoms with E-state index in [1.165, 1.54) is 60.6 Å². The third kappa shape index (κ3) is 4.92. The molecule has 0 aliphatic carbocycles. The third-order valence-corrected chi connectivity index (χ3v) is 11.7. The van der Waals surface area contributed by atoms with Crippen molar-refractivity contribution in [2.24, 2.45) is 0 Å². The Morgan fingerprint density at radius 3 is 1.32 bits per heavy atom. The summed E-state index contributed by atoms with van der Waals surface area (Å²) in [5, 5.41) is 7.12. The van der Waals surface area contributed by atoms with Crippen LogP contribution in [-0.4, -0.2) is 9.13 Å². The van der Waals surface area contributed by atoms with Crippen LogP contribution in [0.3, 0.4) is 0 Å². The second kappa shape index (κ2) is 12.5. The fourth-order valence-electron chi connectivity index (χ4n) is 9.04. The quantitative estimate of drug-likeness (QED) is 0.173. The molecule has 0 radical (unpaired) electrons. The minimum absolute atomic E-state index is 0.916. The number of aromatic nitrogens is 2. The first-order valence-electron chi connectivity index (χ1n) is 19.5. The lowest BCUT2D eigenvalue weighted by Gasteiger charge is -2.11. The van der Waals surface area contributed by atoms with E-state index < -0.39 is 0 Å². The zero-order chi connectivity index (χ0) is 37.5. The maximum atomic E-state index is 6.52. The van der Waals surface area contributed by atoms with Crippen molar-refractivity contribution in [2.75, 3.05) is 0 Å². The molecule has 0 saturated carbocycles. The number of fused-ring (bicyclic) bond motifs is 10. The first kappa shape index (κ1) is 31.7. The molecule has 0 aliphatic heterocycles.